The van der Waals surface area contributed by atoms with Gasteiger partial charge in [-0.05, 0) is 47.5 Å². The average molecular weight is 443 g/mol. The molecule has 162 valence electrons. The summed E-state index contributed by atoms with van der Waals surface area (Å²) in [6, 6.07) is 15.3. The van der Waals surface area contributed by atoms with E-state index in [1.54, 1.807) is 48.6 Å². The molecule has 0 radical (unpaired) electrons. The minimum absolute atomic E-state index is 0.157. The van der Waals surface area contributed by atoms with Gasteiger partial charge >= 0.3 is 0 Å². The summed E-state index contributed by atoms with van der Waals surface area (Å²) in [6.45, 7) is 0. The van der Waals surface area contributed by atoms with Gasteiger partial charge in [0.25, 0.3) is 10.0 Å². The first-order valence-corrected chi connectivity index (χ1v) is 10.7. The highest BCUT2D eigenvalue weighted by atomic mass is 32.2. The molecule has 1 N–H and O–H groups in total. The summed E-state index contributed by atoms with van der Waals surface area (Å²) in [4.78, 5) is -0.157. The van der Waals surface area contributed by atoms with Crippen LogP contribution < -0.4 is 18.9 Å². The summed E-state index contributed by atoms with van der Waals surface area (Å²) in [5.74, 6) is 0.854. The van der Waals surface area contributed by atoms with Gasteiger partial charge in [-0.15, -0.1) is 0 Å². The minimum atomic E-state index is -3.95. The molecule has 3 aromatic carbocycles. The van der Waals surface area contributed by atoms with Gasteiger partial charge in [-0.25, -0.2) is 12.8 Å². The van der Waals surface area contributed by atoms with Crippen molar-refractivity contribution in [1.29, 1.82) is 0 Å². The van der Waals surface area contributed by atoms with E-state index < -0.39 is 15.8 Å². The topological polar surface area (TPSA) is 73.9 Å². The van der Waals surface area contributed by atoms with Crippen molar-refractivity contribution in [1.82, 2.24) is 0 Å². The second-order valence-corrected chi connectivity index (χ2v) is 8.12. The van der Waals surface area contributed by atoms with E-state index in [4.69, 9.17) is 14.2 Å². The number of halogens is 1. The second kappa shape index (κ2) is 9.53. The number of rotatable bonds is 8. The lowest BCUT2D eigenvalue weighted by Gasteiger charge is -2.13. The number of ether oxygens (including phenoxy) is 3. The zero-order chi connectivity index (χ0) is 22.4. The van der Waals surface area contributed by atoms with E-state index >= 15 is 0 Å². The van der Waals surface area contributed by atoms with Gasteiger partial charge in [-0.2, -0.15) is 0 Å². The zero-order valence-electron chi connectivity index (χ0n) is 17.3. The Labute approximate surface area is 180 Å². The first-order valence-electron chi connectivity index (χ1n) is 9.23. The van der Waals surface area contributed by atoms with Crippen LogP contribution in [0.5, 0.6) is 17.2 Å². The number of sulfonamides is 1. The first-order chi connectivity index (χ1) is 14.9. The molecule has 0 amide bonds. The largest absolute Gasteiger partial charge is 0.493 e. The fourth-order valence-corrected chi connectivity index (χ4v) is 4.08. The maximum Gasteiger partial charge on any atom is 0.262 e. The Hall–Kier alpha value is -3.52. The lowest BCUT2D eigenvalue weighted by molar-refractivity contribution is 0.324. The molecular weight excluding hydrogens is 421 g/mol. The Bertz CT molecular complexity index is 1180. The third-order valence-corrected chi connectivity index (χ3v) is 5.82. The Kier molecular flexibility index (Phi) is 6.81. The summed E-state index contributed by atoms with van der Waals surface area (Å²) in [6.07, 6.45) is 3.55. The molecule has 0 spiro atoms. The smallest absolute Gasteiger partial charge is 0.262 e. The van der Waals surface area contributed by atoms with E-state index in [0.717, 1.165) is 11.6 Å². The van der Waals surface area contributed by atoms with Crippen LogP contribution in [0, 0.1) is 5.82 Å². The fourth-order valence-electron chi connectivity index (χ4n) is 2.96. The van der Waals surface area contributed by atoms with Gasteiger partial charge in [0, 0.05) is 0 Å². The van der Waals surface area contributed by atoms with E-state index in [2.05, 4.69) is 4.72 Å². The van der Waals surface area contributed by atoms with Gasteiger partial charge in [-0.1, -0.05) is 36.4 Å². The van der Waals surface area contributed by atoms with Crippen LogP contribution in [0.3, 0.4) is 0 Å². The van der Waals surface area contributed by atoms with Crippen molar-refractivity contribution in [2.75, 3.05) is 26.1 Å². The quantitative estimate of drug-likeness (QED) is 0.505. The van der Waals surface area contributed by atoms with Crippen molar-refractivity contribution in [3.05, 3.63) is 77.6 Å². The predicted octanol–water partition coefficient (Wildman–Crippen LogP) is 4.82. The van der Waals surface area contributed by atoms with Crippen LogP contribution in [0.15, 0.2) is 65.6 Å². The van der Waals surface area contributed by atoms with Crippen molar-refractivity contribution in [3.8, 4) is 17.2 Å². The molecule has 31 heavy (non-hydrogen) atoms. The predicted molar refractivity (Wildman–Crippen MR) is 119 cm³/mol. The van der Waals surface area contributed by atoms with Gasteiger partial charge in [0.1, 0.15) is 5.82 Å². The molecule has 0 saturated heterocycles. The van der Waals surface area contributed by atoms with Gasteiger partial charge < -0.3 is 14.2 Å². The Morgan fingerprint density at radius 1 is 0.839 bits per heavy atom. The molecule has 0 aliphatic carbocycles. The van der Waals surface area contributed by atoms with Crippen molar-refractivity contribution in [2.45, 2.75) is 4.90 Å². The standard InChI is InChI=1S/C23H22FNO5S/c1-28-21-13-16(14-22(29-2)23(21)30-3)11-12-17-7-4-5-10-20(17)25-31(26,27)19-9-6-8-18(24)15-19/h4-15,25H,1-3H3/b12-11-. The molecule has 3 rings (SSSR count). The van der Waals surface area contributed by atoms with Crippen molar-refractivity contribution < 1.29 is 27.0 Å². The van der Waals surface area contributed by atoms with Crippen molar-refractivity contribution in [3.63, 3.8) is 0 Å². The SMILES string of the molecule is COc1cc(/C=C\c2ccccc2NS(=O)(=O)c2cccc(F)c2)cc(OC)c1OC. The van der Waals surface area contributed by atoms with Gasteiger partial charge in [-0.3, -0.25) is 4.72 Å². The highest BCUT2D eigenvalue weighted by Crippen LogP contribution is 2.38. The van der Waals surface area contributed by atoms with Crippen molar-refractivity contribution >= 4 is 27.9 Å². The molecule has 0 heterocycles. The van der Waals surface area contributed by atoms with E-state index in [1.807, 2.05) is 0 Å². The van der Waals surface area contributed by atoms with E-state index in [1.165, 1.54) is 39.5 Å². The summed E-state index contributed by atoms with van der Waals surface area (Å²) in [5.41, 5.74) is 1.74. The van der Waals surface area contributed by atoms with E-state index in [0.29, 0.717) is 28.5 Å². The van der Waals surface area contributed by atoms with Crippen LogP contribution in [0.25, 0.3) is 12.2 Å². The number of benzene rings is 3. The Morgan fingerprint density at radius 3 is 2.13 bits per heavy atom. The lowest BCUT2D eigenvalue weighted by atomic mass is 10.1. The van der Waals surface area contributed by atoms with Gasteiger partial charge in [0.15, 0.2) is 11.5 Å². The molecule has 6 nitrogen and oxygen atoms in total. The number of para-hydroxylation sites is 1. The Balaban J connectivity index is 1.93. The lowest BCUT2D eigenvalue weighted by Crippen LogP contribution is -2.13. The monoisotopic (exact) mass is 443 g/mol. The number of hydrogen-bond donors (Lipinski definition) is 1. The second-order valence-electron chi connectivity index (χ2n) is 6.44. The number of nitrogens with one attached hydrogen (secondary N) is 1. The van der Waals surface area contributed by atoms with Crippen LogP contribution in [0.4, 0.5) is 10.1 Å². The van der Waals surface area contributed by atoms with E-state index in [-0.39, 0.29) is 4.90 Å². The summed E-state index contributed by atoms with van der Waals surface area (Å²) in [7, 11) is 0.631. The maximum atomic E-state index is 13.5. The van der Waals surface area contributed by atoms with Gasteiger partial charge in [0.2, 0.25) is 5.75 Å². The zero-order valence-corrected chi connectivity index (χ0v) is 18.1. The normalized spacial score (nSPS) is 11.4. The molecule has 0 aliphatic rings. The van der Waals surface area contributed by atoms with Crippen molar-refractivity contribution in [2.24, 2.45) is 0 Å². The molecule has 0 atom stereocenters. The maximum absolute atomic E-state index is 13.5. The summed E-state index contributed by atoms with van der Waals surface area (Å²) in [5, 5.41) is 0. The number of hydrogen-bond acceptors (Lipinski definition) is 5. The molecule has 8 heteroatoms. The molecule has 0 unspecified atom stereocenters. The number of anilines is 1. The average Bonchev–Trinajstić information content (AvgIpc) is 2.77. The molecule has 0 aliphatic heterocycles. The van der Waals surface area contributed by atoms with Crippen LogP contribution in [-0.4, -0.2) is 29.7 Å². The third kappa shape index (κ3) is 5.16. The molecular formula is C23H22FNO5S. The van der Waals surface area contributed by atoms with Gasteiger partial charge in [0.05, 0.1) is 31.9 Å². The highest BCUT2D eigenvalue weighted by Gasteiger charge is 2.16. The third-order valence-electron chi connectivity index (χ3n) is 4.45. The Morgan fingerprint density at radius 2 is 1.52 bits per heavy atom. The fraction of sp³-hybridized carbons (Fsp3) is 0.130. The molecule has 0 saturated carbocycles. The highest BCUT2D eigenvalue weighted by molar-refractivity contribution is 7.92. The molecule has 0 aromatic heterocycles. The van der Waals surface area contributed by atoms with Crippen LogP contribution in [0.1, 0.15) is 11.1 Å². The van der Waals surface area contributed by atoms with E-state index in [9.17, 15) is 12.8 Å². The first kappa shape index (κ1) is 22.2. The van der Waals surface area contributed by atoms with Crippen LogP contribution in [0.2, 0.25) is 0 Å². The minimum Gasteiger partial charge on any atom is -0.493 e. The molecule has 0 fully saturated rings. The summed E-state index contributed by atoms with van der Waals surface area (Å²) >= 11 is 0. The van der Waals surface area contributed by atoms with Crippen LogP contribution >= 0.6 is 0 Å². The molecule has 0 bridgehead atoms. The molecule has 3 aromatic rings. The number of methoxy groups -OCH3 is 3. The summed E-state index contributed by atoms with van der Waals surface area (Å²) < 4.78 is 57.4. The van der Waals surface area contributed by atoms with Crippen LogP contribution in [-0.2, 0) is 10.0 Å².